The molecule has 1 saturated carbocycles. The highest BCUT2D eigenvalue weighted by atomic mass is 16.6. The molecule has 7 heteroatoms. The van der Waals surface area contributed by atoms with E-state index in [4.69, 9.17) is 23.4 Å². The summed E-state index contributed by atoms with van der Waals surface area (Å²) in [4.78, 5) is 25.1. The Bertz CT molecular complexity index is 1130. The van der Waals surface area contributed by atoms with Crippen LogP contribution in [0.25, 0.3) is 11.0 Å². The Morgan fingerprint density at radius 2 is 1.69 bits per heavy atom. The maximum absolute atomic E-state index is 12.8. The zero-order chi connectivity index (χ0) is 22.5. The molecule has 7 nitrogen and oxygen atoms in total. The number of rotatable bonds is 7. The summed E-state index contributed by atoms with van der Waals surface area (Å²) in [5.41, 5.74) is 0.0285. The van der Waals surface area contributed by atoms with Gasteiger partial charge in [0, 0.05) is 6.07 Å². The lowest BCUT2D eigenvalue weighted by molar-refractivity contribution is -0.158. The largest absolute Gasteiger partial charge is 0.497 e. The summed E-state index contributed by atoms with van der Waals surface area (Å²) in [7, 11) is 1.58. The number of benzene rings is 2. The highest BCUT2D eigenvalue weighted by Crippen LogP contribution is 2.26. The van der Waals surface area contributed by atoms with Crippen molar-refractivity contribution in [3.63, 3.8) is 0 Å². The van der Waals surface area contributed by atoms with Crippen LogP contribution in [0.3, 0.4) is 0 Å². The first-order valence-electron chi connectivity index (χ1n) is 10.8. The standard InChI is InChI=1S/C25H26O7/c1-16(25(27)32-18-6-4-3-5-7-18)30-20-12-13-21-22(14-20)29-15-23(24(21)26)31-19-10-8-17(28-2)9-11-19/h8-16,18H,3-7H2,1-2H3/t16-/m0/s1. The van der Waals surface area contributed by atoms with Crippen molar-refractivity contribution < 1.29 is 28.2 Å². The van der Waals surface area contributed by atoms with Gasteiger partial charge in [-0.3, -0.25) is 4.79 Å². The minimum Gasteiger partial charge on any atom is -0.497 e. The van der Waals surface area contributed by atoms with E-state index in [1.165, 1.54) is 12.7 Å². The predicted molar refractivity (Wildman–Crippen MR) is 119 cm³/mol. The predicted octanol–water partition coefficient (Wildman–Crippen LogP) is 5.24. The highest BCUT2D eigenvalue weighted by Gasteiger charge is 2.23. The van der Waals surface area contributed by atoms with E-state index in [0.717, 1.165) is 25.7 Å². The van der Waals surface area contributed by atoms with Crippen LogP contribution in [0.4, 0.5) is 0 Å². The molecule has 3 aromatic rings. The molecule has 32 heavy (non-hydrogen) atoms. The zero-order valence-corrected chi connectivity index (χ0v) is 18.2. The minimum absolute atomic E-state index is 0.0268. The summed E-state index contributed by atoms with van der Waals surface area (Å²) in [6.07, 6.45) is 5.64. The van der Waals surface area contributed by atoms with E-state index >= 15 is 0 Å². The second kappa shape index (κ2) is 9.77. The van der Waals surface area contributed by atoms with E-state index in [1.807, 2.05) is 0 Å². The molecule has 0 unspecified atom stereocenters. The van der Waals surface area contributed by atoms with Gasteiger partial charge in [0.2, 0.25) is 11.2 Å². The van der Waals surface area contributed by atoms with Gasteiger partial charge >= 0.3 is 5.97 Å². The van der Waals surface area contributed by atoms with E-state index in [1.54, 1.807) is 56.5 Å². The van der Waals surface area contributed by atoms with Gasteiger partial charge in [-0.25, -0.2) is 4.79 Å². The van der Waals surface area contributed by atoms with Gasteiger partial charge in [0.1, 0.15) is 35.2 Å². The zero-order valence-electron chi connectivity index (χ0n) is 18.2. The number of fused-ring (bicyclic) bond motifs is 1. The van der Waals surface area contributed by atoms with Crippen molar-refractivity contribution in [2.75, 3.05) is 7.11 Å². The summed E-state index contributed by atoms with van der Waals surface area (Å²) in [6, 6.07) is 11.7. The topological polar surface area (TPSA) is 84.2 Å². The Kier molecular flexibility index (Phi) is 6.63. The summed E-state index contributed by atoms with van der Waals surface area (Å²) in [6.45, 7) is 1.65. The molecule has 1 heterocycles. The molecule has 1 atom stereocenters. The fourth-order valence-corrected chi connectivity index (χ4v) is 3.70. The van der Waals surface area contributed by atoms with Gasteiger partial charge in [-0.05, 0) is 69.0 Å². The van der Waals surface area contributed by atoms with Crippen molar-refractivity contribution in [2.45, 2.75) is 51.2 Å². The number of methoxy groups -OCH3 is 1. The fourth-order valence-electron chi connectivity index (χ4n) is 3.70. The van der Waals surface area contributed by atoms with Crippen LogP contribution >= 0.6 is 0 Å². The van der Waals surface area contributed by atoms with Gasteiger partial charge in [0.25, 0.3) is 0 Å². The second-order valence-corrected chi connectivity index (χ2v) is 7.82. The van der Waals surface area contributed by atoms with Crippen molar-refractivity contribution in [2.24, 2.45) is 0 Å². The first kappa shape index (κ1) is 21.7. The SMILES string of the molecule is COc1ccc(Oc2coc3cc(O[C@@H](C)C(=O)OC4CCCCC4)ccc3c2=O)cc1. The van der Waals surface area contributed by atoms with Gasteiger partial charge in [-0.15, -0.1) is 0 Å². The van der Waals surface area contributed by atoms with Crippen molar-refractivity contribution in [1.29, 1.82) is 0 Å². The molecule has 0 radical (unpaired) electrons. The number of hydrogen-bond acceptors (Lipinski definition) is 7. The number of carbonyl (C=O) groups excluding carboxylic acids is 1. The lowest BCUT2D eigenvalue weighted by Gasteiger charge is -2.23. The van der Waals surface area contributed by atoms with E-state index < -0.39 is 6.10 Å². The molecule has 168 valence electrons. The van der Waals surface area contributed by atoms with E-state index in [9.17, 15) is 9.59 Å². The average Bonchev–Trinajstić information content (AvgIpc) is 2.82. The van der Waals surface area contributed by atoms with Crippen LogP contribution in [0, 0.1) is 0 Å². The lowest BCUT2D eigenvalue weighted by atomic mass is 9.98. The third kappa shape index (κ3) is 5.04. The lowest BCUT2D eigenvalue weighted by Crippen LogP contribution is -2.31. The maximum Gasteiger partial charge on any atom is 0.347 e. The molecule has 1 aliphatic rings. The van der Waals surface area contributed by atoms with Crippen molar-refractivity contribution in [3.8, 4) is 23.0 Å². The number of ether oxygens (including phenoxy) is 4. The Balaban J connectivity index is 1.45. The Morgan fingerprint density at radius 3 is 2.41 bits per heavy atom. The van der Waals surface area contributed by atoms with E-state index in [-0.39, 0.29) is 23.3 Å². The van der Waals surface area contributed by atoms with Crippen molar-refractivity contribution >= 4 is 16.9 Å². The highest BCUT2D eigenvalue weighted by molar-refractivity contribution is 5.79. The van der Waals surface area contributed by atoms with Gasteiger partial charge in [-0.1, -0.05) is 6.42 Å². The maximum atomic E-state index is 12.8. The number of hydrogen-bond donors (Lipinski definition) is 0. The Hall–Kier alpha value is -3.48. The average molecular weight is 438 g/mol. The third-order valence-electron chi connectivity index (χ3n) is 5.48. The molecule has 4 rings (SSSR count). The second-order valence-electron chi connectivity index (χ2n) is 7.82. The molecule has 0 aliphatic heterocycles. The minimum atomic E-state index is -0.765. The molecule has 1 aromatic heterocycles. The van der Waals surface area contributed by atoms with Crippen LogP contribution in [0.15, 0.2) is 57.9 Å². The van der Waals surface area contributed by atoms with Crippen LogP contribution in [-0.2, 0) is 9.53 Å². The Labute approximate surface area is 185 Å². The summed E-state index contributed by atoms with van der Waals surface area (Å²) in [5.74, 6) is 1.27. The molecule has 0 bridgehead atoms. The van der Waals surface area contributed by atoms with Gasteiger partial charge < -0.3 is 23.4 Å². The summed E-state index contributed by atoms with van der Waals surface area (Å²) in [5, 5.41) is 0.348. The fraction of sp³-hybridized carbons (Fsp3) is 0.360. The van der Waals surface area contributed by atoms with Crippen LogP contribution in [0.5, 0.6) is 23.0 Å². The van der Waals surface area contributed by atoms with Gasteiger partial charge in [0.05, 0.1) is 12.5 Å². The van der Waals surface area contributed by atoms with Gasteiger partial charge in [0.15, 0.2) is 6.10 Å². The van der Waals surface area contributed by atoms with Crippen LogP contribution < -0.4 is 19.6 Å². The van der Waals surface area contributed by atoms with Crippen LogP contribution in [-0.4, -0.2) is 25.3 Å². The third-order valence-corrected chi connectivity index (χ3v) is 5.48. The molecular weight excluding hydrogens is 412 g/mol. The van der Waals surface area contributed by atoms with Crippen LogP contribution in [0.1, 0.15) is 39.0 Å². The molecular formula is C25H26O7. The summed E-state index contributed by atoms with van der Waals surface area (Å²) < 4.78 is 27.7. The number of carbonyl (C=O) groups is 1. The van der Waals surface area contributed by atoms with Crippen molar-refractivity contribution in [3.05, 3.63) is 59.0 Å². The van der Waals surface area contributed by atoms with Gasteiger partial charge in [-0.2, -0.15) is 0 Å². The molecule has 0 saturated heterocycles. The molecule has 2 aromatic carbocycles. The smallest absolute Gasteiger partial charge is 0.347 e. The summed E-state index contributed by atoms with van der Waals surface area (Å²) >= 11 is 0. The van der Waals surface area contributed by atoms with E-state index in [2.05, 4.69) is 0 Å². The van der Waals surface area contributed by atoms with E-state index in [0.29, 0.717) is 28.2 Å². The Morgan fingerprint density at radius 1 is 1.00 bits per heavy atom. The molecule has 0 N–H and O–H groups in total. The number of esters is 1. The quantitative estimate of drug-likeness (QED) is 0.467. The molecule has 0 amide bonds. The monoisotopic (exact) mass is 438 g/mol. The van der Waals surface area contributed by atoms with Crippen molar-refractivity contribution in [1.82, 2.24) is 0 Å². The van der Waals surface area contributed by atoms with Crippen LogP contribution in [0.2, 0.25) is 0 Å². The first-order valence-corrected chi connectivity index (χ1v) is 10.8. The normalized spacial score (nSPS) is 15.2. The molecule has 1 aliphatic carbocycles. The molecule has 1 fully saturated rings. The first-order chi connectivity index (χ1) is 15.5. The molecule has 0 spiro atoms.